The van der Waals surface area contributed by atoms with Crippen molar-refractivity contribution in [2.75, 3.05) is 23.3 Å². The number of hydrogen-bond donors (Lipinski definition) is 2. The maximum Gasteiger partial charge on any atom is 0.222 e. The van der Waals surface area contributed by atoms with E-state index >= 15 is 0 Å². The normalized spacial score (nSPS) is 16.8. The molecule has 3 N–H and O–H groups in total. The number of pyridine rings is 2. The molecule has 8 heteroatoms. The lowest BCUT2D eigenvalue weighted by Crippen LogP contribution is -2.41. The Morgan fingerprint density at radius 1 is 1.29 bits per heavy atom. The lowest BCUT2D eigenvalue weighted by Gasteiger charge is -2.30. The largest absolute Gasteiger partial charge is 0.369 e. The molecule has 0 spiro atoms. The van der Waals surface area contributed by atoms with Crippen molar-refractivity contribution in [1.29, 1.82) is 0 Å². The van der Waals surface area contributed by atoms with Crippen LogP contribution in [0.1, 0.15) is 18.4 Å². The number of nitrogens with one attached hydrogen (secondary N) is 1. The molecule has 0 aromatic carbocycles. The molecule has 144 valence electrons. The fraction of sp³-hybridized carbons (Fsp3) is 0.300. The fourth-order valence-electron chi connectivity index (χ4n) is 3.29. The van der Waals surface area contributed by atoms with E-state index in [1.807, 2.05) is 43.5 Å². The Balaban J connectivity index is 1.51. The van der Waals surface area contributed by atoms with E-state index in [1.54, 1.807) is 17.5 Å². The van der Waals surface area contributed by atoms with Gasteiger partial charge in [-0.25, -0.2) is 15.0 Å². The molecular formula is C20H22N6OS. The molecule has 1 saturated heterocycles. The SMILES string of the molecule is Cc1ccnc(Nc2cccc(-c3cnc(N4CCCC(C(N)=O)C4)s3)n2)c1. The highest BCUT2D eigenvalue weighted by atomic mass is 32.1. The quantitative estimate of drug-likeness (QED) is 0.689. The molecule has 4 heterocycles. The molecule has 7 nitrogen and oxygen atoms in total. The minimum absolute atomic E-state index is 0.103. The Morgan fingerprint density at radius 2 is 2.18 bits per heavy atom. The van der Waals surface area contributed by atoms with Crippen molar-refractivity contribution in [3.05, 3.63) is 48.3 Å². The van der Waals surface area contributed by atoms with Crippen LogP contribution in [0, 0.1) is 12.8 Å². The first-order chi connectivity index (χ1) is 13.6. The van der Waals surface area contributed by atoms with Crippen molar-refractivity contribution in [1.82, 2.24) is 15.0 Å². The lowest BCUT2D eigenvalue weighted by molar-refractivity contribution is -0.122. The van der Waals surface area contributed by atoms with Crippen molar-refractivity contribution in [3.63, 3.8) is 0 Å². The number of carbonyl (C=O) groups excluding carboxylic acids is 1. The van der Waals surface area contributed by atoms with Gasteiger partial charge < -0.3 is 16.0 Å². The third-order valence-electron chi connectivity index (χ3n) is 4.76. The molecule has 1 unspecified atom stereocenters. The van der Waals surface area contributed by atoms with Gasteiger partial charge in [-0.3, -0.25) is 4.79 Å². The van der Waals surface area contributed by atoms with Crippen molar-refractivity contribution in [2.45, 2.75) is 19.8 Å². The molecule has 0 saturated carbocycles. The number of primary amides is 1. The number of piperidine rings is 1. The number of carbonyl (C=O) groups is 1. The minimum Gasteiger partial charge on any atom is -0.369 e. The summed E-state index contributed by atoms with van der Waals surface area (Å²) in [5, 5.41) is 4.15. The number of nitrogens with two attached hydrogens (primary N) is 1. The summed E-state index contributed by atoms with van der Waals surface area (Å²) in [5.74, 6) is 1.16. The van der Waals surface area contributed by atoms with Gasteiger partial charge in [0, 0.05) is 25.5 Å². The predicted molar refractivity (Wildman–Crippen MR) is 112 cm³/mol. The van der Waals surface area contributed by atoms with Crippen LogP contribution in [0.15, 0.2) is 42.7 Å². The van der Waals surface area contributed by atoms with Gasteiger partial charge in [0.25, 0.3) is 0 Å². The molecule has 0 aliphatic carbocycles. The second-order valence-electron chi connectivity index (χ2n) is 6.95. The smallest absolute Gasteiger partial charge is 0.222 e. The summed E-state index contributed by atoms with van der Waals surface area (Å²) in [6.45, 7) is 3.56. The average molecular weight is 395 g/mol. The summed E-state index contributed by atoms with van der Waals surface area (Å²) < 4.78 is 0. The van der Waals surface area contributed by atoms with Crippen LogP contribution in [0.4, 0.5) is 16.8 Å². The van der Waals surface area contributed by atoms with Gasteiger partial charge in [-0.1, -0.05) is 17.4 Å². The molecule has 28 heavy (non-hydrogen) atoms. The van der Waals surface area contributed by atoms with Gasteiger partial charge in [-0.15, -0.1) is 0 Å². The molecule has 3 aromatic rings. The van der Waals surface area contributed by atoms with E-state index in [2.05, 4.69) is 20.2 Å². The van der Waals surface area contributed by atoms with Gasteiger partial charge in [0.2, 0.25) is 5.91 Å². The Labute approximate surface area is 167 Å². The number of rotatable bonds is 5. The Morgan fingerprint density at radius 3 is 3.00 bits per heavy atom. The summed E-state index contributed by atoms with van der Waals surface area (Å²) in [7, 11) is 0. The van der Waals surface area contributed by atoms with Gasteiger partial charge >= 0.3 is 0 Å². The highest BCUT2D eigenvalue weighted by molar-refractivity contribution is 7.18. The number of thiazole rings is 1. The van der Waals surface area contributed by atoms with E-state index in [-0.39, 0.29) is 11.8 Å². The number of aryl methyl sites for hydroxylation is 1. The third-order valence-corrected chi connectivity index (χ3v) is 5.84. The zero-order valence-corrected chi connectivity index (χ0v) is 16.4. The second kappa shape index (κ2) is 7.93. The Hall–Kier alpha value is -3.00. The Bertz CT molecular complexity index is 988. The van der Waals surface area contributed by atoms with Crippen molar-refractivity contribution in [3.8, 4) is 10.6 Å². The van der Waals surface area contributed by atoms with Crippen molar-refractivity contribution >= 4 is 34.0 Å². The van der Waals surface area contributed by atoms with E-state index < -0.39 is 0 Å². The van der Waals surface area contributed by atoms with Crippen LogP contribution in [0.25, 0.3) is 10.6 Å². The van der Waals surface area contributed by atoms with E-state index in [9.17, 15) is 4.79 Å². The van der Waals surface area contributed by atoms with Crippen LogP contribution in [0.2, 0.25) is 0 Å². The highest BCUT2D eigenvalue weighted by Crippen LogP contribution is 2.33. The highest BCUT2D eigenvalue weighted by Gasteiger charge is 2.25. The van der Waals surface area contributed by atoms with E-state index in [4.69, 9.17) is 10.7 Å². The topological polar surface area (TPSA) is 97.0 Å². The van der Waals surface area contributed by atoms with Gasteiger partial charge in [-0.05, 0) is 49.6 Å². The fourth-order valence-corrected chi connectivity index (χ4v) is 4.21. The third kappa shape index (κ3) is 4.12. The number of hydrogen-bond acceptors (Lipinski definition) is 7. The first-order valence-electron chi connectivity index (χ1n) is 9.26. The molecule has 1 aliphatic rings. The molecular weight excluding hydrogens is 372 g/mol. The summed E-state index contributed by atoms with van der Waals surface area (Å²) in [6.07, 6.45) is 5.41. The average Bonchev–Trinajstić information content (AvgIpc) is 3.19. The zero-order chi connectivity index (χ0) is 19.5. The van der Waals surface area contributed by atoms with Gasteiger partial charge in [0.05, 0.1) is 16.5 Å². The maximum absolute atomic E-state index is 11.5. The van der Waals surface area contributed by atoms with E-state index in [0.29, 0.717) is 6.54 Å². The summed E-state index contributed by atoms with van der Waals surface area (Å²) in [5.41, 5.74) is 7.48. The molecule has 4 rings (SSSR count). The second-order valence-corrected chi connectivity index (χ2v) is 7.96. The molecule has 1 atom stereocenters. The molecule has 1 aliphatic heterocycles. The van der Waals surface area contributed by atoms with Gasteiger partial charge in [0.15, 0.2) is 5.13 Å². The molecule has 3 aromatic heterocycles. The first kappa shape index (κ1) is 18.4. The molecule has 0 bridgehead atoms. The predicted octanol–water partition coefficient (Wildman–Crippen LogP) is 3.35. The van der Waals surface area contributed by atoms with Crippen LogP contribution in [-0.4, -0.2) is 33.9 Å². The van der Waals surface area contributed by atoms with Gasteiger partial charge in [-0.2, -0.15) is 0 Å². The number of nitrogens with zero attached hydrogens (tertiary/aromatic N) is 4. The lowest BCUT2D eigenvalue weighted by atomic mass is 9.98. The minimum atomic E-state index is -0.230. The van der Waals surface area contributed by atoms with Crippen LogP contribution >= 0.6 is 11.3 Å². The zero-order valence-electron chi connectivity index (χ0n) is 15.6. The van der Waals surface area contributed by atoms with Crippen LogP contribution in [0.3, 0.4) is 0 Å². The maximum atomic E-state index is 11.5. The van der Waals surface area contributed by atoms with Crippen molar-refractivity contribution < 1.29 is 4.79 Å². The number of amides is 1. The van der Waals surface area contributed by atoms with Crippen LogP contribution in [0.5, 0.6) is 0 Å². The van der Waals surface area contributed by atoms with Crippen LogP contribution < -0.4 is 16.0 Å². The summed E-state index contributed by atoms with van der Waals surface area (Å²) in [6, 6.07) is 9.78. The Kier molecular flexibility index (Phi) is 5.21. The number of anilines is 3. The van der Waals surface area contributed by atoms with Crippen molar-refractivity contribution in [2.24, 2.45) is 11.7 Å². The standard InChI is InChI=1S/C20H22N6OS/c1-13-7-8-22-18(10-13)25-17-6-2-5-15(24-17)16-11-23-20(28-16)26-9-3-4-14(12-26)19(21)27/h2,5-8,10-11,14H,3-4,9,12H2,1H3,(H2,21,27)(H,22,24,25). The molecule has 0 radical (unpaired) electrons. The summed E-state index contributed by atoms with van der Waals surface area (Å²) in [4.78, 5) is 28.2. The monoisotopic (exact) mass is 394 g/mol. The van der Waals surface area contributed by atoms with Crippen LogP contribution in [-0.2, 0) is 4.79 Å². The first-order valence-corrected chi connectivity index (χ1v) is 10.1. The van der Waals surface area contributed by atoms with E-state index in [0.717, 1.165) is 52.3 Å². The molecule has 1 amide bonds. The summed E-state index contributed by atoms with van der Waals surface area (Å²) >= 11 is 1.58. The van der Waals surface area contributed by atoms with Gasteiger partial charge in [0.1, 0.15) is 11.6 Å². The molecule has 1 fully saturated rings. The number of aromatic nitrogens is 3. The van der Waals surface area contributed by atoms with E-state index in [1.165, 1.54) is 0 Å².